The maximum atomic E-state index is 13.1. The van der Waals surface area contributed by atoms with Crippen molar-refractivity contribution >= 4 is 22.1 Å². The average molecular weight is 342 g/mol. The van der Waals surface area contributed by atoms with Crippen LogP contribution < -0.4 is 0 Å². The zero-order valence-electron chi connectivity index (χ0n) is 10.3. The third-order valence-electron chi connectivity index (χ3n) is 2.67. The van der Waals surface area contributed by atoms with E-state index < -0.39 is 12.2 Å². The van der Waals surface area contributed by atoms with Crippen molar-refractivity contribution in [3.63, 3.8) is 0 Å². The highest BCUT2D eigenvalue weighted by molar-refractivity contribution is 9.10. The molecular weight excluding hydrogens is 331 g/mol. The number of aliphatic imine (C=N–C) groups is 1. The van der Waals surface area contributed by atoms with Gasteiger partial charge in [0.05, 0.1) is 0 Å². The molecule has 0 aromatic heterocycles. The van der Waals surface area contributed by atoms with Crippen LogP contribution >= 0.6 is 15.9 Å². The van der Waals surface area contributed by atoms with E-state index in [0.29, 0.717) is 5.56 Å². The highest BCUT2D eigenvalue weighted by atomic mass is 79.9. The molecule has 1 atom stereocenters. The first-order chi connectivity index (χ1) is 9.47. The van der Waals surface area contributed by atoms with Gasteiger partial charge in [-0.2, -0.15) is 13.2 Å². The summed E-state index contributed by atoms with van der Waals surface area (Å²) in [6.45, 7) is 0. The molecule has 0 N–H and O–H groups in total. The van der Waals surface area contributed by atoms with Crippen molar-refractivity contribution in [1.82, 2.24) is 0 Å². The van der Waals surface area contributed by atoms with E-state index in [1.165, 1.54) is 18.3 Å². The van der Waals surface area contributed by atoms with E-state index in [9.17, 15) is 13.2 Å². The van der Waals surface area contributed by atoms with Crippen LogP contribution in [0.3, 0.4) is 0 Å². The van der Waals surface area contributed by atoms with Crippen molar-refractivity contribution in [3.05, 3.63) is 70.2 Å². The van der Waals surface area contributed by atoms with Gasteiger partial charge in [-0.3, -0.25) is 4.99 Å². The van der Waals surface area contributed by atoms with Gasteiger partial charge in [-0.05, 0) is 23.3 Å². The zero-order chi connectivity index (χ0) is 14.6. The van der Waals surface area contributed by atoms with Gasteiger partial charge < -0.3 is 0 Å². The molecule has 0 unspecified atom stereocenters. The second kappa shape index (κ2) is 6.22. The van der Waals surface area contributed by atoms with Crippen molar-refractivity contribution in [3.8, 4) is 0 Å². The minimum atomic E-state index is -4.42. The number of rotatable bonds is 3. The van der Waals surface area contributed by atoms with Crippen LogP contribution in [0.5, 0.6) is 0 Å². The number of hydrogen-bond donors (Lipinski definition) is 0. The minimum absolute atomic E-state index is 0.118. The van der Waals surface area contributed by atoms with Crippen LogP contribution in [0.1, 0.15) is 17.2 Å². The van der Waals surface area contributed by atoms with E-state index in [1.807, 2.05) is 0 Å². The molecule has 104 valence electrons. The van der Waals surface area contributed by atoms with Crippen LogP contribution in [0.2, 0.25) is 0 Å². The van der Waals surface area contributed by atoms with Gasteiger partial charge in [0.2, 0.25) is 0 Å². The summed E-state index contributed by atoms with van der Waals surface area (Å²) in [4.78, 5) is 3.70. The maximum Gasteiger partial charge on any atom is 0.414 e. The molecule has 2 aromatic carbocycles. The number of benzene rings is 2. The predicted molar refractivity (Wildman–Crippen MR) is 77.0 cm³/mol. The Morgan fingerprint density at radius 3 is 2.10 bits per heavy atom. The summed E-state index contributed by atoms with van der Waals surface area (Å²) in [6, 6.07) is 12.9. The van der Waals surface area contributed by atoms with Gasteiger partial charge in [-0.15, -0.1) is 0 Å². The Hall–Kier alpha value is -1.62. The van der Waals surface area contributed by atoms with E-state index >= 15 is 0 Å². The highest BCUT2D eigenvalue weighted by Crippen LogP contribution is 2.36. The zero-order valence-corrected chi connectivity index (χ0v) is 11.9. The van der Waals surface area contributed by atoms with Crippen molar-refractivity contribution in [2.75, 3.05) is 0 Å². The van der Waals surface area contributed by atoms with Crippen molar-refractivity contribution in [2.45, 2.75) is 12.2 Å². The summed E-state index contributed by atoms with van der Waals surface area (Å²) in [7, 11) is 0. The van der Waals surface area contributed by atoms with Gasteiger partial charge in [0, 0.05) is 10.7 Å². The highest BCUT2D eigenvalue weighted by Gasteiger charge is 2.40. The van der Waals surface area contributed by atoms with Gasteiger partial charge >= 0.3 is 6.18 Å². The molecule has 2 aromatic rings. The topological polar surface area (TPSA) is 12.4 Å². The molecule has 0 aliphatic rings. The molecule has 2 rings (SSSR count). The van der Waals surface area contributed by atoms with E-state index in [1.54, 1.807) is 42.5 Å². The molecule has 0 amide bonds. The molecule has 20 heavy (non-hydrogen) atoms. The van der Waals surface area contributed by atoms with Gasteiger partial charge in [0.1, 0.15) is 0 Å². The summed E-state index contributed by atoms with van der Waals surface area (Å²) in [5.41, 5.74) is 0.756. The van der Waals surface area contributed by atoms with Crippen LogP contribution in [0, 0.1) is 0 Å². The Kier molecular flexibility index (Phi) is 4.60. The summed E-state index contributed by atoms with van der Waals surface area (Å²) >= 11 is 3.20. The molecule has 0 saturated carbocycles. The number of hydrogen-bond acceptors (Lipinski definition) is 1. The summed E-state index contributed by atoms with van der Waals surface area (Å²) in [5, 5.41) is 0. The van der Waals surface area contributed by atoms with Gasteiger partial charge in [-0.1, -0.05) is 58.4 Å². The SMILES string of the molecule is FC(F)(F)[C@@H](N=Cc1ccccc1)c1ccc(Br)cc1. The summed E-state index contributed by atoms with van der Waals surface area (Å²) in [6.07, 6.45) is -3.17. The van der Waals surface area contributed by atoms with Crippen LogP contribution in [0.25, 0.3) is 0 Å². The summed E-state index contributed by atoms with van der Waals surface area (Å²) in [5.74, 6) is 0. The lowest BCUT2D eigenvalue weighted by Gasteiger charge is -2.16. The molecule has 0 fully saturated rings. The Bertz CT molecular complexity index is 576. The molecule has 0 aliphatic heterocycles. The fourth-order valence-electron chi connectivity index (χ4n) is 1.70. The van der Waals surface area contributed by atoms with Gasteiger partial charge in [0.15, 0.2) is 6.04 Å². The smallest absolute Gasteiger partial charge is 0.275 e. The minimum Gasteiger partial charge on any atom is -0.275 e. The Morgan fingerprint density at radius 2 is 1.55 bits per heavy atom. The second-order valence-corrected chi connectivity index (χ2v) is 5.10. The molecule has 0 radical (unpaired) electrons. The largest absolute Gasteiger partial charge is 0.414 e. The maximum absolute atomic E-state index is 13.1. The quantitative estimate of drug-likeness (QED) is 0.683. The van der Waals surface area contributed by atoms with Crippen LogP contribution in [-0.2, 0) is 0 Å². The van der Waals surface area contributed by atoms with E-state index in [0.717, 1.165) is 4.47 Å². The Balaban J connectivity index is 2.30. The lowest BCUT2D eigenvalue weighted by molar-refractivity contribution is -0.148. The van der Waals surface area contributed by atoms with Gasteiger partial charge in [-0.25, -0.2) is 0 Å². The predicted octanol–water partition coefficient (Wildman–Crippen LogP) is 5.17. The van der Waals surface area contributed by atoms with Gasteiger partial charge in [0.25, 0.3) is 0 Å². The fourth-order valence-corrected chi connectivity index (χ4v) is 1.97. The molecule has 0 bridgehead atoms. The second-order valence-electron chi connectivity index (χ2n) is 4.18. The lowest BCUT2D eigenvalue weighted by Crippen LogP contribution is -2.19. The standard InChI is InChI=1S/C15H11BrF3N/c16-13-8-6-12(7-9-13)14(15(17,18)19)20-10-11-4-2-1-3-5-11/h1-10,14H/t14-/m0/s1. The number of halogens is 4. The van der Waals surface area contributed by atoms with Crippen LogP contribution in [-0.4, -0.2) is 12.4 Å². The van der Waals surface area contributed by atoms with Crippen LogP contribution in [0.15, 0.2) is 64.1 Å². The third kappa shape index (κ3) is 3.93. The average Bonchev–Trinajstić information content (AvgIpc) is 2.41. The van der Waals surface area contributed by atoms with E-state index in [4.69, 9.17) is 0 Å². The Morgan fingerprint density at radius 1 is 0.950 bits per heavy atom. The first kappa shape index (κ1) is 14.8. The first-order valence-corrected chi connectivity index (χ1v) is 6.66. The van der Waals surface area contributed by atoms with Crippen molar-refractivity contribution < 1.29 is 13.2 Å². The molecule has 0 heterocycles. The van der Waals surface area contributed by atoms with Crippen LogP contribution in [0.4, 0.5) is 13.2 Å². The molecule has 0 aliphatic carbocycles. The third-order valence-corrected chi connectivity index (χ3v) is 3.20. The molecule has 0 spiro atoms. The molecule has 5 heteroatoms. The molecule has 0 saturated heterocycles. The number of alkyl halides is 3. The first-order valence-electron chi connectivity index (χ1n) is 5.87. The molecular formula is C15H11BrF3N. The normalized spacial score (nSPS) is 13.6. The monoisotopic (exact) mass is 341 g/mol. The fraction of sp³-hybridized carbons (Fsp3) is 0.133. The molecule has 1 nitrogen and oxygen atoms in total. The van der Waals surface area contributed by atoms with Crippen molar-refractivity contribution in [2.24, 2.45) is 4.99 Å². The summed E-state index contributed by atoms with van der Waals surface area (Å²) < 4.78 is 40.0. The Labute approximate surface area is 123 Å². The number of nitrogens with zero attached hydrogens (tertiary/aromatic N) is 1. The van der Waals surface area contributed by atoms with Crippen molar-refractivity contribution in [1.29, 1.82) is 0 Å². The lowest BCUT2D eigenvalue weighted by atomic mass is 10.1. The van der Waals surface area contributed by atoms with E-state index in [-0.39, 0.29) is 5.56 Å². The van der Waals surface area contributed by atoms with E-state index in [2.05, 4.69) is 20.9 Å².